The largest absolute Gasteiger partial charge is 0.464 e. The van der Waals surface area contributed by atoms with Crippen LogP contribution in [0.2, 0.25) is 0 Å². The van der Waals surface area contributed by atoms with Crippen molar-refractivity contribution in [2.75, 3.05) is 7.11 Å². The van der Waals surface area contributed by atoms with Gasteiger partial charge >= 0.3 is 11.9 Å². The van der Waals surface area contributed by atoms with Crippen molar-refractivity contribution in [3.8, 4) is 5.75 Å². The van der Waals surface area contributed by atoms with E-state index < -0.39 is 23.2 Å². The van der Waals surface area contributed by atoms with E-state index in [0.29, 0.717) is 6.42 Å². The number of ether oxygens (including phenoxy) is 2. The van der Waals surface area contributed by atoms with Gasteiger partial charge in [-0.15, -0.1) is 0 Å². The van der Waals surface area contributed by atoms with Gasteiger partial charge in [0.2, 0.25) is 5.75 Å². The molecule has 104 valence electrons. The van der Waals surface area contributed by atoms with Crippen molar-refractivity contribution in [3.63, 3.8) is 0 Å². The molecule has 1 aromatic heterocycles. The Morgan fingerprint density at radius 1 is 1.42 bits per heavy atom. The van der Waals surface area contributed by atoms with Crippen LogP contribution in [0, 0.1) is 0 Å². The lowest BCUT2D eigenvalue weighted by molar-refractivity contribution is -0.134. The van der Waals surface area contributed by atoms with Crippen molar-refractivity contribution >= 4 is 11.9 Å². The summed E-state index contributed by atoms with van der Waals surface area (Å²) < 4.78 is 10.6. The fourth-order valence-electron chi connectivity index (χ4n) is 1.34. The van der Waals surface area contributed by atoms with Crippen molar-refractivity contribution in [1.82, 2.24) is 9.55 Å². The van der Waals surface area contributed by atoms with E-state index in [0.717, 1.165) is 24.4 Å². The summed E-state index contributed by atoms with van der Waals surface area (Å²) in [7, 11) is 2.60. The first-order chi connectivity index (χ1) is 9.01. The van der Waals surface area contributed by atoms with Gasteiger partial charge in [0.1, 0.15) is 0 Å². The Morgan fingerprint density at radius 2 is 2.11 bits per heavy atom. The molecule has 0 bridgehead atoms. The number of methoxy groups -OCH3 is 1. The van der Waals surface area contributed by atoms with E-state index in [1.54, 1.807) is 0 Å². The van der Waals surface area contributed by atoms with Gasteiger partial charge in [0.15, 0.2) is 5.69 Å². The molecule has 0 N–H and O–H groups in total. The van der Waals surface area contributed by atoms with Gasteiger partial charge in [-0.3, -0.25) is 14.2 Å². The minimum Gasteiger partial charge on any atom is -0.464 e. The quantitative estimate of drug-likeness (QED) is 0.729. The molecule has 0 unspecified atom stereocenters. The Bertz CT molecular complexity index is 535. The first-order valence-electron chi connectivity index (χ1n) is 5.85. The van der Waals surface area contributed by atoms with Crippen LogP contribution >= 0.6 is 0 Å². The Balaban J connectivity index is 3.09. The standard InChI is InChI=1S/C12H16N2O5/c1-4-5-6-8(15)19-10-9(12(17)18-3)13-7-14(2)11(10)16/h7H,4-6H2,1-3H3. The molecule has 0 atom stereocenters. The second-order valence-corrected chi connectivity index (χ2v) is 3.91. The molecule has 0 fully saturated rings. The topological polar surface area (TPSA) is 87.5 Å². The summed E-state index contributed by atoms with van der Waals surface area (Å²) in [6, 6.07) is 0. The van der Waals surface area contributed by atoms with Crippen molar-refractivity contribution in [3.05, 3.63) is 22.4 Å². The molecule has 1 heterocycles. The summed E-state index contributed by atoms with van der Waals surface area (Å²) in [6.45, 7) is 1.93. The summed E-state index contributed by atoms with van der Waals surface area (Å²) in [5.41, 5.74) is -0.907. The van der Waals surface area contributed by atoms with Crippen LogP contribution < -0.4 is 10.3 Å². The van der Waals surface area contributed by atoms with Gasteiger partial charge in [-0.05, 0) is 6.42 Å². The zero-order valence-corrected chi connectivity index (χ0v) is 11.1. The fourth-order valence-corrected chi connectivity index (χ4v) is 1.34. The predicted molar refractivity (Wildman–Crippen MR) is 66.0 cm³/mol. The molecular formula is C12H16N2O5. The number of hydrogen-bond donors (Lipinski definition) is 0. The highest BCUT2D eigenvalue weighted by atomic mass is 16.5. The number of hydrogen-bond acceptors (Lipinski definition) is 6. The molecule has 0 saturated carbocycles. The van der Waals surface area contributed by atoms with Crippen LogP contribution in [0.15, 0.2) is 11.1 Å². The Labute approximate surface area is 110 Å². The van der Waals surface area contributed by atoms with Gasteiger partial charge in [0, 0.05) is 13.5 Å². The molecule has 19 heavy (non-hydrogen) atoms. The lowest BCUT2D eigenvalue weighted by Gasteiger charge is -2.08. The zero-order chi connectivity index (χ0) is 14.4. The second kappa shape index (κ2) is 6.67. The first kappa shape index (κ1) is 14.9. The average molecular weight is 268 g/mol. The minimum absolute atomic E-state index is 0.176. The molecule has 1 rings (SSSR count). The SMILES string of the molecule is CCCCC(=O)Oc1c(C(=O)OC)ncn(C)c1=O. The number of carbonyl (C=O) groups is 2. The zero-order valence-electron chi connectivity index (χ0n) is 11.1. The van der Waals surface area contributed by atoms with Gasteiger partial charge in [-0.25, -0.2) is 9.78 Å². The summed E-state index contributed by atoms with van der Waals surface area (Å²) >= 11 is 0. The highest BCUT2D eigenvalue weighted by molar-refractivity contribution is 5.91. The minimum atomic E-state index is -0.823. The van der Waals surface area contributed by atoms with E-state index in [2.05, 4.69) is 9.72 Å². The summed E-state index contributed by atoms with van der Waals surface area (Å²) in [5, 5.41) is 0. The normalized spacial score (nSPS) is 10.1. The molecule has 0 saturated heterocycles. The predicted octanol–water partition coefficient (Wildman–Crippen LogP) is 0.662. The summed E-state index contributed by atoms with van der Waals surface area (Å²) in [5.74, 6) is -1.79. The van der Waals surface area contributed by atoms with Crippen LogP contribution in [0.5, 0.6) is 5.75 Å². The highest BCUT2D eigenvalue weighted by Crippen LogP contribution is 2.12. The lowest BCUT2D eigenvalue weighted by atomic mass is 10.2. The molecule has 1 aromatic rings. The molecule has 0 aliphatic rings. The number of aromatic nitrogens is 2. The van der Waals surface area contributed by atoms with E-state index in [-0.39, 0.29) is 12.1 Å². The molecule has 0 spiro atoms. The highest BCUT2D eigenvalue weighted by Gasteiger charge is 2.21. The van der Waals surface area contributed by atoms with Crippen molar-refractivity contribution in [2.45, 2.75) is 26.2 Å². The molecule has 7 heteroatoms. The van der Waals surface area contributed by atoms with Crippen LogP contribution in [0.4, 0.5) is 0 Å². The van der Waals surface area contributed by atoms with Crippen molar-refractivity contribution in [1.29, 1.82) is 0 Å². The summed E-state index contributed by atoms with van der Waals surface area (Å²) in [6.07, 6.45) is 2.81. The van der Waals surface area contributed by atoms with Crippen LogP contribution in [-0.4, -0.2) is 28.6 Å². The van der Waals surface area contributed by atoms with E-state index in [4.69, 9.17) is 4.74 Å². The monoisotopic (exact) mass is 268 g/mol. The van der Waals surface area contributed by atoms with E-state index in [1.807, 2.05) is 6.92 Å². The molecular weight excluding hydrogens is 252 g/mol. The van der Waals surface area contributed by atoms with Gasteiger partial charge < -0.3 is 9.47 Å². The molecule has 7 nitrogen and oxygen atoms in total. The summed E-state index contributed by atoms with van der Waals surface area (Å²) in [4.78, 5) is 38.6. The number of aryl methyl sites for hydroxylation is 1. The second-order valence-electron chi connectivity index (χ2n) is 3.91. The fraction of sp³-hybridized carbons (Fsp3) is 0.500. The Kier molecular flexibility index (Phi) is 5.23. The van der Waals surface area contributed by atoms with E-state index >= 15 is 0 Å². The third-order valence-corrected chi connectivity index (χ3v) is 2.42. The smallest absolute Gasteiger partial charge is 0.360 e. The molecule has 0 aliphatic heterocycles. The molecule has 0 radical (unpaired) electrons. The van der Waals surface area contributed by atoms with E-state index in [1.165, 1.54) is 7.05 Å². The molecule has 0 amide bonds. The maximum Gasteiger partial charge on any atom is 0.360 e. The van der Waals surface area contributed by atoms with Gasteiger partial charge in [-0.2, -0.15) is 0 Å². The number of unbranched alkanes of at least 4 members (excludes halogenated alkanes) is 1. The third kappa shape index (κ3) is 3.64. The van der Waals surface area contributed by atoms with E-state index in [9.17, 15) is 14.4 Å². The van der Waals surface area contributed by atoms with Gasteiger partial charge in [0.25, 0.3) is 5.56 Å². The van der Waals surface area contributed by atoms with Crippen LogP contribution in [0.1, 0.15) is 36.7 Å². The van der Waals surface area contributed by atoms with Crippen molar-refractivity contribution in [2.24, 2.45) is 7.05 Å². The average Bonchev–Trinajstić information content (AvgIpc) is 2.41. The van der Waals surface area contributed by atoms with Gasteiger partial charge in [0.05, 0.1) is 13.4 Å². The third-order valence-electron chi connectivity index (χ3n) is 2.42. The molecule has 0 aromatic carbocycles. The first-order valence-corrected chi connectivity index (χ1v) is 5.85. The maximum absolute atomic E-state index is 11.9. The van der Waals surface area contributed by atoms with Crippen LogP contribution in [0.25, 0.3) is 0 Å². The number of rotatable bonds is 5. The molecule has 0 aliphatic carbocycles. The van der Waals surface area contributed by atoms with Crippen LogP contribution in [-0.2, 0) is 16.6 Å². The van der Waals surface area contributed by atoms with Crippen LogP contribution in [0.3, 0.4) is 0 Å². The number of esters is 2. The Morgan fingerprint density at radius 3 is 2.68 bits per heavy atom. The maximum atomic E-state index is 11.9. The van der Waals surface area contributed by atoms with Crippen molar-refractivity contribution < 1.29 is 19.1 Å². The lowest BCUT2D eigenvalue weighted by Crippen LogP contribution is -2.26. The van der Waals surface area contributed by atoms with Gasteiger partial charge in [-0.1, -0.05) is 13.3 Å². The number of nitrogens with zero attached hydrogens (tertiary/aromatic N) is 2. The Hall–Kier alpha value is -2.18. The number of carbonyl (C=O) groups excluding carboxylic acids is 2.